The van der Waals surface area contributed by atoms with Crippen molar-refractivity contribution in [1.29, 1.82) is 0 Å². The Morgan fingerprint density at radius 3 is 2.57 bits per heavy atom. The third-order valence-electron chi connectivity index (χ3n) is 9.00. The number of fused-ring (bicyclic) bond motifs is 1. The SMILES string of the molecule is Cc1c(NC(=O)c2ccc(C3CC3)cc2)cccc1-c1nc(N)nc2[nH]c(-c3ccc(CN4CCC(C)(O)CC4)cn3)cc12. The van der Waals surface area contributed by atoms with Gasteiger partial charge in [-0.05, 0) is 92.5 Å². The number of pyridine rings is 1. The van der Waals surface area contributed by atoms with Crippen LogP contribution in [0.25, 0.3) is 33.7 Å². The standard InChI is InChI=1S/C35H37N7O2/c1-21-26(4-3-5-28(21)39-33(43)25-11-9-24(10-12-25)23-7-8-23)31-27-18-30(38-32(27)41-34(36)40-31)29-13-6-22(19-37-29)20-42-16-14-35(2,44)15-17-42/h3-6,9-13,18-19,23,44H,7-8,14-17,20H2,1-2H3,(H,39,43)(H3,36,38,40,41). The van der Waals surface area contributed by atoms with Gasteiger partial charge in [-0.15, -0.1) is 0 Å². The number of hydrogen-bond donors (Lipinski definition) is 4. The number of anilines is 2. The molecule has 224 valence electrons. The Bertz CT molecular complexity index is 1830. The lowest BCUT2D eigenvalue weighted by atomic mass is 9.94. The molecule has 0 spiro atoms. The number of rotatable bonds is 7. The van der Waals surface area contributed by atoms with Crippen LogP contribution in [-0.4, -0.2) is 54.5 Å². The number of carbonyl (C=O) groups excluding carboxylic acids is 1. The van der Waals surface area contributed by atoms with Gasteiger partial charge in [0, 0.05) is 48.0 Å². The number of H-pyrrole nitrogens is 1. The van der Waals surface area contributed by atoms with Crippen molar-refractivity contribution in [3.05, 3.63) is 89.1 Å². The lowest BCUT2D eigenvalue weighted by molar-refractivity contribution is -0.00732. The third-order valence-corrected chi connectivity index (χ3v) is 9.00. The quantitative estimate of drug-likeness (QED) is 0.182. The average Bonchev–Trinajstić information content (AvgIpc) is 3.78. The van der Waals surface area contributed by atoms with Crippen LogP contribution in [0.1, 0.15) is 65.6 Å². The molecule has 0 atom stereocenters. The van der Waals surface area contributed by atoms with E-state index in [0.717, 1.165) is 71.6 Å². The zero-order valence-corrected chi connectivity index (χ0v) is 25.1. The van der Waals surface area contributed by atoms with Gasteiger partial charge in [-0.1, -0.05) is 30.3 Å². The minimum absolute atomic E-state index is 0.148. The van der Waals surface area contributed by atoms with Crippen molar-refractivity contribution in [2.45, 2.75) is 57.6 Å². The van der Waals surface area contributed by atoms with Crippen LogP contribution < -0.4 is 11.1 Å². The number of aromatic amines is 1. The van der Waals surface area contributed by atoms with E-state index in [0.29, 0.717) is 22.8 Å². The number of benzene rings is 2. The number of aliphatic hydroxyl groups is 1. The van der Waals surface area contributed by atoms with E-state index in [1.165, 1.54) is 18.4 Å². The topological polar surface area (TPSA) is 133 Å². The normalized spacial score (nSPS) is 16.7. The molecule has 2 aliphatic rings. The largest absolute Gasteiger partial charge is 0.390 e. The number of nitrogens with two attached hydrogens (primary N) is 1. The molecule has 5 aromatic rings. The van der Waals surface area contributed by atoms with Crippen molar-refractivity contribution in [3.8, 4) is 22.6 Å². The number of nitrogens with zero attached hydrogens (tertiary/aromatic N) is 4. The zero-order valence-electron chi connectivity index (χ0n) is 25.1. The molecule has 1 amide bonds. The van der Waals surface area contributed by atoms with Crippen LogP contribution in [0.3, 0.4) is 0 Å². The van der Waals surface area contributed by atoms with Gasteiger partial charge in [0.1, 0.15) is 5.65 Å². The summed E-state index contributed by atoms with van der Waals surface area (Å²) in [5.41, 5.74) is 14.1. The van der Waals surface area contributed by atoms with Gasteiger partial charge in [-0.2, -0.15) is 4.98 Å². The van der Waals surface area contributed by atoms with Gasteiger partial charge >= 0.3 is 0 Å². The molecular formula is C35H37N7O2. The molecule has 1 aliphatic heterocycles. The predicted molar refractivity (Wildman–Crippen MR) is 173 cm³/mol. The molecular weight excluding hydrogens is 550 g/mol. The summed E-state index contributed by atoms with van der Waals surface area (Å²) in [6.07, 6.45) is 5.93. The highest BCUT2D eigenvalue weighted by molar-refractivity contribution is 6.05. The van der Waals surface area contributed by atoms with E-state index < -0.39 is 5.60 Å². The summed E-state index contributed by atoms with van der Waals surface area (Å²) in [7, 11) is 0. The molecule has 9 heteroatoms. The predicted octanol–water partition coefficient (Wildman–Crippen LogP) is 6.05. The molecule has 7 rings (SSSR count). The smallest absolute Gasteiger partial charge is 0.255 e. The summed E-state index contributed by atoms with van der Waals surface area (Å²) >= 11 is 0. The van der Waals surface area contributed by atoms with E-state index in [-0.39, 0.29) is 11.9 Å². The number of amides is 1. The Morgan fingerprint density at radius 2 is 1.86 bits per heavy atom. The van der Waals surface area contributed by atoms with Gasteiger partial charge in [0.15, 0.2) is 0 Å². The maximum atomic E-state index is 13.1. The third kappa shape index (κ3) is 5.80. The molecule has 2 fully saturated rings. The summed E-state index contributed by atoms with van der Waals surface area (Å²) in [4.78, 5) is 32.7. The summed E-state index contributed by atoms with van der Waals surface area (Å²) in [6, 6.07) is 19.8. The van der Waals surface area contributed by atoms with Gasteiger partial charge in [0.25, 0.3) is 5.91 Å². The first kappa shape index (κ1) is 28.2. The fourth-order valence-electron chi connectivity index (χ4n) is 6.04. The Kier molecular flexibility index (Phi) is 7.14. The highest BCUT2D eigenvalue weighted by Crippen LogP contribution is 2.40. The van der Waals surface area contributed by atoms with Crippen molar-refractivity contribution >= 4 is 28.6 Å². The second-order valence-corrected chi connectivity index (χ2v) is 12.5. The molecule has 0 unspecified atom stereocenters. The van der Waals surface area contributed by atoms with Gasteiger partial charge in [0.05, 0.1) is 22.7 Å². The highest BCUT2D eigenvalue weighted by Gasteiger charge is 2.27. The maximum absolute atomic E-state index is 13.1. The summed E-state index contributed by atoms with van der Waals surface area (Å²) < 4.78 is 0. The Morgan fingerprint density at radius 1 is 1.09 bits per heavy atom. The van der Waals surface area contributed by atoms with Crippen LogP contribution in [0.2, 0.25) is 0 Å². The first-order valence-electron chi connectivity index (χ1n) is 15.3. The lowest BCUT2D eigenvalue weighted by Crippen LogP contribution is -2.41. The number of nitrogen functional groups attached to an aromatic ring is 1. The first-order chi connectivity index (χ1) is 21.2. The van der Waals surface area contributed by atoms with Gasteiger partial charge in [-0.3, -0.25) is 14.7 Å². The Labute approximate surface area is 256 Å². The minimum Gasteiger partial charge on any atom is -0.390 e. The first-order valence-corrected chi connectivity index (χ1v) is 15.3. The minimum atomic E-state index is -0.561. The molecule has 1 saturated heterocycles. The summed E-state index contributed by atoms with van der Waals surface area (Å²) in [5, 5.41) is 14.2. The number of carbonyl (C=O) groups is 1. The van der Waals surface area contributed by atoms with Crippen LogP contribution >= 0.6 is 0 Å². The zero-order chi connectivity index (χ0) is 30.4. The van der Waals surface area contributed by atoms with Crippen molar-refractivity contribution < 1.29 is 9.90 Å². The molecule has 9 nitrogen and oxygen atoms in total. The van der Waals surface area contributed by atoms with Crippen molar-refractivity contribution in [1.82, 2.24) is 24.8 Å². The van der Waals surface area contributed by atoms with Gasteiger partial charge in [0.2, 0.25) is 5.95 Å². The van der Waals surface area contributed by atoms with E-state index in [2.05, 4.69) is 43.4 Å². The lowest BCUT2D eigenvalue weighted by Gasteiger charge is -2.35. The second-order valence-electron chi connectivity index (χ2n) is 12.5. The van der Waals surface area contributed by atoms with E-state index in [4.69, 9.17) is 10.7 Å². The fraction of sp³-hybridized carbons (Fsp3) is 0.314. The number of nitrogens with one attached hydrogen (secondary N) is 2. The summed E-state index contributed by atoms with van der Waals surface area (Å²) in [5.74, 6) is 0.664. The number of piperidine rings is 1. The van der Waals surface area contributed by atoms with E-state index >= 15 is 0 Å². The van der Waals surface area contributed by atoms with Crippen LogP contribution in [0.15, 0.2) is 66.9 Å². The molecule has 0 radical (unpaired) electrons. The molecule has 44 heavy (non-hydrogen) atoms. The average molecular weight is 588 g/mol. The van der Waals surface area contributed by atoms with Gasteiger partial charge in [-0.25, -0.2) is 4.98 Å². The molecule has 1 saturated carbocycles. The van der Waals surface area contributed by atoms with Crippen molar-refractivity contribution in [2.75, 3.05) is 24.1 Å². The molecule has 3 aromatic heterocycles. The molecule has 4 heterocycles. The Hall–Kier alpha value is -4.60. The number of hydrogen-bond acceptors (Lipinski definition) is 7. The fourth-order valence-corrected chi connectivity index (χ4v) is 6.04. The van der Waals surface area contributed by atoms with E-state index in [9.17, 15) is 9.90 Å². The molecule has 2 aromatic carbocycles. The van der Waals surface area contributed by atoms with E-state index in [1.54, 1.807) is 0 Å². The van der Waals surface area contributed by atoms with Crippen LogP contribution in [0.4, 0.5) is 11.6 Å². The van der Waals surface area contributed by atoms with Crippen molar-refractivity contribution in [2.24, 2.45) is 0 Å². The van der Waals surface area contributed by atoms with Crippen LogP contribution in [0.5, 0.6) is 0 Å². The monoisotopic (exact) mass is 587 g/mol. The van der Waals surface area contributed by atoms with Crippen LogP contribution in [-0.2, 0) is 6.54 Å². The Balaban J connectivity index is 1.13. The number of likely N-dealkylation sites (tertiary alicyclic amines) is 1. The molecule has 0 bridgehead atoms. The van der Waals surface area contributed by atoms with E-state index in [1.807, 2.05) is 62.5 Å². The van der Waals surface area contributed by atoms with Crippen molar-refractivity contribution in [3.63, 3.8) is 0 Å². The molecule has 1 aliphatic carbocycles. The summed E-state index contributed by atoms with van der Waals surface area (Å²) in [6.45, 7) is 6.44. The highest BCUT2D eigenvalue weighted by atomic mass is 16.3. The van der Waals surface area contributed by atoms with Crippen LogP contribution in [0, 0.1) is 6.92 Å². The maximum Gasteiger partial charge on any atom is 0.255 e. The van der Waals surface area contributed by atoms with Gasteiger partial charge < -0.3 is 21.1 Å². The number of aromatic nitrogens is 4. The second kappa shape index (κ2) is 11.2. The molecule has 5 N–H and O–H groups in total.